The number of nitrogens with zero attached hydrogens (tertiary/aromatic N) is 1. The summed E-state index contributed by atoms with van der Waals surface area (Å²) in [5, 5.41) is 0.389. The maximum atomic E-state index is 14.8. The molecule has 4 aromatic rings. The second-order valence-electron chi connectivity index (χ2n) is 7.28. The third kappa shape index (κ3) is 2.72. The number of fused-ring (bicyclic) bond motifs is 2. The summed E-state index contributed by atoms with van der Waals surface area (Å²) in [6.07, 6.45) is 5.57. The van der Waals surface area contributed by atoms with Gasteiger partial charge in [0, 0.05) is 17.0 Å². The number of nitrogens with one attached hydrogen (secondary N) is 1. The van der Waals surface area contributed by atoms with Crippen molar-refractivity contribution in [2.45, 2.75) is 25.8 Å². The molecule has 0 aliphatic heterocycles. The topological polar surface area (TPSA) is 54.9 Å². The maximum absolute atomic E-state index is 14.8. The summed E-state index contributed by atoms with van der Waals surface area (Å²) in [5.74, 6) is -0.471. The summed E-state index contributed by atoms with van der Waals surface area (Å²) in [6.45, 7) is 2.02. The van der Waals surface area contributed by atoms with Crippen molar-refractivity contribution in [3.8, 4) is 0 Å². The zero-order chi connectivity index (χ0) is 19.4. The lowest BCUT2D eigenvalue weighted by atomic mass is 10.1. The summed E-state index contributed by atoms with van der Waals surface area (Å²) >= 11 is 1.17. The molecule has 1 fully saturated rings. The first-order valence-corrected chi connectivity index (χ1v) is 9.98. The monoisotopic (exact) mass is 392 g/mol. The molecule has 1 saturated carbocycles. The number of aromatic nitrogens is 2. The molecule has 0 amide bonds. The van der Waals surface area contributed by atoms with Crippen LogP contribution in [0.5, 0.6) is 0 Å². The maximum Gasteiger partial charge on any atom is 0.271 e. The predicted octanol–water partition coefficient (Wildman–Crippen LogP) is 4.86. The molecule has 28 heavy (non-hydrogen) atoms. The molecule has 0 atom stereocenters. The fourth-order valence-electron chi connectivity index (χ4n) is 3.55. The second-order valence-corrected chi connectivity index (χ2v) is 8.07. The Bertz CT molecular complexity index is 1370. The first-order chi connectivity index (χ1) is 13.5. The lowest BCUT2D eigenvalue weighted by Crippen LogP contribution is -2.15. The Morgan fingerprint density at radius 2 is 1.89 bits per heavy atom. The number of rotatable bonds is 3. The van der Waals surface area contributed by atoms with Gasteiger partial charge in [-0.3, -0.25) is 14.0 Å². The molecule has 0 spiro atoms. The third-order valence-corrected chi connectivity index (χ3v) is 6.07. The number of aryl methyl sites for hydroxylation is 1. The van der Waals surface area contributed by atoms with Crippen molar-refractivity contribution >= 4 is 44.8 Å². The average molecular weight is 392 g/mol. The number of H-pyrrole nitrogens is 1. The van der Waals surface area contributed by atoms with Gasteiger partial charge >= 0.3 is 0 Å². The van der Waals surface area contributed by atoms with Gasteiger partial charge < -0.3 is 4.57 Å². The molecule has 1 aliphatic carbocycles. The number of hydrogen-bond donors (Lipinski definition) is 1. The molecule has 0 saturated heterocycles. The van der Waals surface area contributed by atoms with Gasteiger partial charge in [0.1, 0.15) is 16.0 Å². The van der Waals surface area contributed by atoms with Crippen LogP contribution in [0.2, 0.25) is 0 Å². The van der Waals surface area contributed by atoms with Crippen molar-refractivity contribution < 1.29 is 4.39 Å². The van der Waals surface area contributed by atoms with Crippen LogP contribution in [-0.4, -0.2) is 8.94 Å². The van der Waals surface area contributed by atoms with Gasteiger partial charge in [0.2, 0.25) is 5.43 Å². The minimum Gasteiger partial charge on any atom is -0.328 e. The van der Waals surface area contributed by atoms with Gasteiger partial charge in [-0.1, -0.05) is 42.0 Å². The number of halogens is 1. The summed E-state index contributed by atoms with van der Waals surface area (Å²) < 4.78 is 19.4. The van der Waals surface area contributed by atoms with Crippen LogP contribution in [0.25, 0.3) is 33.3 Å². The number of aromatic amines is 1. The normalized spacial score (nSPS) is 14.5. The zero-order valence-corrected chi connectivity index (χ0v) is 16.0. The highest BCUT2D eigenvalue weighted by Crippen LogP contribution is 2.40. The van der Waals surface area contributed by atoms with Crippen LogP contribution in [0.3, 0.4) is 0 Å². The summed E-state index contributed by atoms with van der Waals surface area (Å²) in [6, 6.07) is 11.2. The van der Waals surface area contributed by atoms with Gasteiger partial charge in [0.25, 0.3) is 5.56 Å². The smallest absolute Gasteiger partial charge is 0.271 e. The van der Waals surface area contributed by atoms with E-state index in [1.165, 1.54) is 17.6 Å². The lowest BCUT2D eigenvalue weighted by molar-refractivity contribution is 0.626. The molecule has 0 radical (unpaired) electrons. The van der Waals surface area contributed by atoms with E-state index in [2.05, 4.69) is 4.37 Å². The van der Waals surface area contributed by atoms with E-state index in [1.807, 2.05) is 41.8 Å². The van der Waals surface area contributed by atoms with Crippen LogP contribution >= 0.6 is 11.5 Å². The minimum absolute atomic E-state index is 0.131. The van der Waals surface area contributed by atoms with E-state index < -0.39 is 16.8 Å². The van der Waals surface area contributed by atoms with E-state index in [0.29, 0.717) is 15.9 Å². The fraction of sp³-hybridized carbons (Fsp3) is 0.182. The van der Waals surface area contributed by atoms with E-state index in [9.17, 15) is 14.0 Å². The van der Waals surface area contributed by atoms with Crippen LogP contribution in [0.4, 0.5) is 4.39 Å². The Kier molecular flexibility index (Phi) is 3.84. The van der Waals surface area contributed by atoms with Crippen LogP contribution in [-0.2, 0) is 0 Å². The van der Waals surface area contributed by atoms with E-state index in [-0.39, 0.29) is 16.8 Å². The predicted molar refractivity (Wildman–Crippen MR) is 113 cm³/mol. The molecule has 4 nitrogen and oxygen atoms in total. The third-order valence-electron chi connectivity index (χ3n) is 5.19. The summed E-state index contributed by atoms with van der Waals surface area (Å²) in [4.78, 5) is 25.6. The highest BCUT2D eigenvalue weighted by molar-refractivity contribution is 7.12. The van der Waals surface area contributed by atoms with Crippen LogP contribution in [0.1, 0.15) is 35.6 Å². The van der Waals surface area contributed by atoms with Crippen LogP contribution < -0.4 is 11.0 Å². The van der Waals surface area contributed by atoms with E-state index in [1.54, 1.807) is 12.1 Å². The van der Waals surface area contributed by atoms with Gasteiger partial charge in [0.15, 0.2) is 0 Å². The van der Waals surface area contributed by atoms with Gasteiger partial charge in [-0.05, 0) is 49.0 Å². The molecule has 1 N–H and O–H groups in total. The number of hydrogen-bond acceptors (Lipinski definition) is 3. The molecule has 2 heterocycles. The van der Waals surface area contributed by atoms with Crippen molar-refractivity contribution in [1.82, 2.24) is 8.94 Å². The van der Waals surface area contributed by atoms with E-state index in [0.717, 1.165) is 24.0 Å². The van der Waals surface area contributed by atoms with Crippen molar-refractivity contribution in [2.24, 2.45) is 0 Å². The SMILES string of the molecule is Cc1ccc(C=Cc2cc3c(cc2F)c(=O)c2c(=O)[nH]sc2n3C2CC2)cc1. The molecule has 2 aromatic carbocycles. The van der Waals surface area contributed by atoms with Gasteiger partial charge in [-0.2, -0.15) is 0 Å². The summed E-state index contributed by atoms with van der Waals surface area (Å²) in [5.41, 5.74) is 2.44. The Balaban J connectivity index is 1.74. The number of pyridine rings is 1. The van der Waals surface area contributed by atoms with Crippen molar-refractivity contribution in [1.29, 1.82) is 0 Å². The molecular formula is C22H17FN2O2S. The Hall–Kier alpha value is -2.99. The first kappa shape index (κ1) is 17.1. The van der Waals surface area contributed by atoms with E-state index in [4.69, 9.17) is 0 Å². The van der Waals surface area contributed by atoms with Gasteiger partial charge in [0.05, 0.1) is 5.52 Å². The molecule has 0 bridgehead atoms. The molecule has 5 rings (SSSR count). The van der Waals surface area contributed by atoms with Gasteiger partial charge in [-0.25, -0.2) is 4.39 Å². The van der Waals surface area contributed by atoms with Crippen LogP contribution in [0, 0.1) is 12.7 Å². The fourth-order valence-corrected chi connectivity index (χ4v) is 4.48. The van der Waals surface area contributed by atoms with Crippen molar-refractivity contribution in [3.05, 3.63) is 79.5 Å². The molecule has 1 aliphatic rings. The molecule has 6 heteroatoms. The standard InChI is InChI=1S/C22H17FN2O2S/c1-12-2-4-13(5-3-12)6-7-14-10-18-16(11-17(14)23)20(26)19-21(27)24-28-22(19)25(18)15-8-9-15/h2-7,10-11,15H,8-9H2,1H3,(H,24,27). The van der Waals surface area contributed by atoms with E-state index >= 15 is 0 Å². The Morgan fingerprint density at radius 1 is 1.14 bits per heavy atom. The van der Waals surface area contributed by atoms with Crippen molar-refractivity contribution in [2.75, 3.05) is 0 Å². The highest BCUT2D eigenvalue weighted by atomic mass is 32.1. The zero-order valence-electron chi connectivity index (χ0n) is 15.2. The molecule has 0 unspecified atom stereocenters. The highest BCUT2D eigenvalue weighted by Gasteiger charge is 2.29. The molecule has 140 valence electrons. The quantitative estimate of drug-likeness (QED) is 0.507. The molecular weight excluding hydrogens is 375 g/mol. The Labute approximate surface area is 163 Å². The largest absolute Gasteiger partial charge is 0.328 e. The Morgan fingerprint density at radius 3 is 2.61 bits per heavy atom. The minimum atomic E-state index is -0.471. The van der Waals surface area contributed by atoms with Gasteiger partial charge in [-0.15, -0.1) is 0 Å². The number of benzene rings is 2. The lowest BCUT2D eigenvalue weighted by Gasteiger charge is -2.12. The molecule has 2 aromatic heterocycles. The summed E-state index contributed by atoms with van der Waals surface area (Å²) in [7, 11) is 0. The second kappa shape index (κ2) is 6.27. The van der Waals surface area contributed by atoms with Crippen LogP contribution in [0.15, 0.2) is 46.0 Å². The van der Waals surface area contributed by atoms with Crippen molar-refractivity contribution in [3.63, 3.8) is 0 Å². The first-order valence-electron chi connectivity index (χ1n) is 9.16. The average Bonchev–Trinajstić information content (AvgIpc) is 3.44.